The fourth-order valence-corrected chi connectivity index (χ4v) is 2.60. The Bertz CT molecular complexity index is 516. The van der Waals surface area contributed by atoms with Gasteiger partial charge in [-0.2, -0.15) is 0 Å². The van der Waals surface area contributed by atoms with Gasteiger partial charge in [-0.15, -0.1) is 11.6 Å². The number of anilines is 1. The van der Waals surface area contributed by atoms with E-state index in [1.54, 1.807) is 0 Å². The monoisotopic (exact) mass is 326 g/mol. The first-order chi connectivity index (χ1) is 8.83. The second kappa shape index (κ2) is 6.95. The van der Waals surface area contributed by atoms with Gasteiger partial charge in [0.15, 0.2) is 0 Å². The van der Waals surface area contributed by atoms with Gasteiger partial charge in [0, 0.05) is 33.9 Å². The third kappa shape index (κ3) is 3.36. The van der Waals surface area contributed by atoms with Gasteiger partial charge >= 0.3 is 0 Å². The van der Waals surface area contributed by atoms with Crippen molar-refractivity contribution in [1.82, 2.24) is 4.98 Å². The van der Waals surface area contributed by atoms with E-state index in [-0.39, 0.29) is 0 Å². The second-order valence-corrected chi connectivity index (χ2v) is 5.40. The maximum atomic E-state index is 5.66. The lowest BCUT2D eigenvalue weighted by Gasteiger charge is -2.09. The first-order valence-electron chi connectivity index (χ1n) is 6.16. The zero-order valence-electron chi connectivity index (χ0n) is 10.1. The number of aromatic nitrogens is 1. The Morgan fingerprint density at radius 1 is 1.11 bits per heavy atom. The lowest BCUT2D eigenvalue weighted by Crippen LogP contribution is -2.03. The number of benzene rings is 1. The SMILES string of the molecule is ClCCCCCNc1nccc2c(Br)cccc12. The molecule has 0 aliphatic carbocycles. The van der Waals surface area contributed by atoms with Crippen LogP contribution in [0.3, 0.4) is 0 Å². The van der Waals surface area contributed by atoms with Crippen LogP contribution < -0.4 is 5.32 Å². The Kier molecular flexibility index (Phi) is 5.26. The van der Waals surface area contributed by atoms with E-state index in [0.717, 1.165) is 47.4 Å². The summed E-state index contributed by atoms with van der Waals surface area (Å²) in [6.07, 6.45) is 5.20. The van der Waals surface area contributed by atoms with Crippen LogP contribution >= 0.6 is 27.5 Å². The van der Waals surface area contributed by atoms with Crippen LogP contribution in [0.1, 0.15) is 19.3 Å². The fourth-order valence-electron chi connectivity index (χ4n) is 1.91. The quantitative estimate of drug-likeness (QED) is 0.608. The molecule has 2 rings (SSSR count). The molecule has 0 fully saturated rings. The molecular formula is C14H16BrClN2. The Balaban J connectivity index is 2.07. The maximum Gasteiger partial charge on any atom is 0.133 e. The van der Waals surface area contributed by atoms with Crippen LogP contribution in [0.4, 0.5) is 5.82 Å². The second-order valence-electron chi connectivity index (χ2n) is 4.17. The van der Waals surface area contributed by atoms with Gasteiger partial charge in [-0.3, -0.25) is 0 Å². The molecule has 0 bridgehead atoms. The van der Waals surface area contributed by atoms with Crippen LogP contribution in [0.25, 0.3) is 10.8 Å². The van der Waals surface area contributed by atoms with Crippen LogP contribution in [0.5, 0.6) is 0 Å². The molecule has 0 radical (unpaired) electrons. The summed E-state index contributed by atoms with van der Waals surface area (Å²) in [6, 6.07) is 8.20. The molecule has 4 heteroatoms. The fraction of sp³-hybridized carbons (Fsp3) is 0.357. The van der Waals surface area contributed by atoms with Gasteiger partial charge in [0.1, 0.15) is 5.82 Å². The highest BCUT2D eigenvalue weighted by Gasteiger charge is 2.03. The van der Waals surface area contributed by atoms with E-state index in [2.05, 4.69) is 32.3 Å². The van der Waals surface area contributed by atoms with Gasteiger partial charge in [-0.25, -0.2) is 4.98 Å². The van der Waals surface area contributed by atoms with Crippen molar-refractivity contribution in [2.75, 3.05) is 17.7 Å². The van der Waals surface area contributed by atoms with E-state index in [0.29, 0.717) is 0 Å². The van der Waals surface area contributed by atoms with Crippen LogP contribution in [-0.4, -0.2) is 17.4 Å². The standard InChI is InChI=1S/C14H16BrClN2/c15-13-6-4-5-12-11(13)7-10-18-14(12)17-9-3-1-2-8-16/h4-7,10H,1-3,8-9H2,(H,17,18). The minimum absolute atomic E-state index is 0.749. The smallest absolute Gasteiger partial charge is 0.133 e. The maximum absolute atomic E-state index is 5.66. The third-order valence-electron chi connectivity index (χ3n) is 2.86. The molecule has 2 aromatic rings. The average molecular weight is 328 g/mol. The van der Waals surface area contributed by atoms with Crippen molar-refractivity contribution in [3.05, 3.63) is 34.9 Å². The summed E-state index contributed by atoms with van der Waals surface area (Å²) < 4.78 is 1.10. The van der Waals surface area contributed by atoms with Crippen molar-refractivity contribution in [1.29, 1.82) is 0 Å². The first-order valence-corrected chi connectivity index (χ1v) is 7.49. The molecule has 2 nitrogen and oxygen atoms in total. The predicted molar refractivity (Wildman–Crippen MR) is 82.5 cm³/mol. The van der Waals surface area contributed by atoms with Crippen molar-refractivity contribution in [3.63, 3.8) is 0 Å². The van der Waals surface area contributed by atoms with E-state index >= 15 is 0 Å². The van der Waals surface area contributed by atoms with E-state index in [4.69, 9.17) is 11.6 Å². The first kappa shape index (κ1) is 13.6. The number of halogens is 2. The number of fused-ring (bicyclic) bond motifs is 1. The highest BCUT2D eigenvalue weighted by Crippen LogP contribution is 2.27. The molecule has 1 aromatic carbocycles. The lowest BCUT2D eigenvalue weighted by molar-refractivity contribution is 0.746. The summed E-state index contributed by atoms with van der Waals surface area (Å²) in [4.78, 5) is 4.41. The third-order valence-corrected chi connectivity index (χ3v) is 3.81. The Hall–Kier alpha value is -0.800. The van der Waals surface area contributed by atoms with E-state index in [1.807, 2.05) is 24.4 Å². The van der Waals surface area contributed by atoms with Crippen molar-refractivity contribution in [2.45, 2.75) is 19.3 Å². The number of nitrogens with zero attached hydrogens (tertiary/aromatic N) is 1. The summed E-state index contributed by atoms with van der Waals surface area (Å²) >= 11 is 9.22. The summed E-state index contributed by atoms with van der Waals surface area (Å²) in [7, 11) is 0. The van der Waals surface area contributed by atoms with Crippen molar-refractivity contribution >= 4 is 44.1 Å². The van der Waals surface area contributed by atoms with E-state index in [1.165, 1.54) is 5.39 Å². The van der Waals surface area contributed by atoms with Gasteiger partial charge in [-0.05, 0) is 25.0 Å². The molecule has 0 atom stereocenters. The van der Waals surface area contributed by atoms with Gasteiger partial charge in [-0.1, -0.05) is 34.5 Å². The van der Waals surface area contributed by atoms with Gasteiger partial charge in [0.25, 0.3) is 0 Å². The average Bonchev–Trinajstić information content (AvgIpc) is 2.39. The summed E-state index contributed by atoms with van der Waals surface area (Å²) in [5, 5.41) is 5.75. The molecule has 1 aromatic heterocycles. The Morgan fingerprint density at radius 2 is 2.00 bits per heavy atom. The number of rotatable bonds is 6. The van der Waals surface area contributed by atoms with Crippen LogP contribution in [0.15, 0.2) is 34.9 Å². The predicted octanol–water partition coefficient (Wildman–Crippen LogP) is 4.82. The molecule has 0 aliphatic rings. The largest absolute Gasteiger partial charge is 0.370 e. The number of nitrogens with one attached hydrogen (secondary N) is 1. The number of pyridine rings is 1. The summed E-state index contributed by atoms with van der Waals surface area (Å²) in [6.45, 7) is 0.940. The molecule has 0 saturated carbocycles. The molecule has 1 N–H and O–H groups in total. The van der Waals surface area contributed by atoms with Gasteiger partial charge in [0.2, 0.25) is 0 Å². The van der Waals surface area contributed by atoms with E-state index in [9.17, 15) is 0 Å². The number of hydrogen-bond acceptors (Lipinski definition) is 2. The molecule has 0 aliphatic heterocycles. The zero-order valence-corrected chi connectivity index (χ0v) is 12.5. The zero-order chi connectivity index (χ0) is 12.8. The normalized spacial score (nSPS) is 10.8. The molecular weight excluding hydrogens is 312 g/mol. The number of alkyl halides is 1. The lowest BCUT2D eigenvalue weighted by atomic mass is 10.1. The molecule has 0 saturated heterocycles. The topological polar surface area (TPSA) is 24.9 Å². The molecule has 0 unspecified atom stereocenters. The Morgan fingerprint density at radius 3 is 2.83 bits per heavy atom. The van der Waals surface area contributed by atoms with Crippen molar-refractivity contribution in [2.24, 2.45) is 0 Å². The molecule has 96 valence electrons. The van der Waals surface area contributed by atoms with Gasteiger partial charge in [0.05, 0.1) is 0 Å². The van der Waals surface area contributed by atoms with Crippen molar-refractivity contribution < 1.29 is 0 Å². The Labute approximate surface area is 121 Å². The van der Waals surface area contributed by atoms with Crippen LogP contribution in [0, 0.1) is 0 Å². The molecule has 18 heavy (non-hydrogen) atoms. The van der Waals surface area contributed by atoms with Crippen molar-refractivity contribution in [3.8, 4) is 0 Å². The summed E-state index contributed by atoms with van der Waals surface area (Å²) in [5.74, 6) is 1.71. The minimum Gasteiger partial charge on any atom is -0.370 e. The molecule has 1 heterocycles. The molecule has 0 spiro atoms. The minimum atomic E-state index is 0.749. The number of unbranched alkanes of at least 4 members (excludes halogenated alkanes) is 2. The van der Waals surface area contributed by atoms with E-state index < -0.39 is 0 Å². The number of hydrogen-bond donors (Lipinski definition) is 1. The summed E-state index contributed by atoms with van der Waals surface area (Å²) in [5.41, 5.74) is 0. The van der Waals surface area contributed by atoms with Gasteiger partial charge < -0.3 is 5.32 Å². The highest BCUT2D eigenvalue weighted by molar-refractivity contribution is 9.10. The van der Waals surface area contributed by atoms with Crippen LogP contribution in [0.2, 0.25) is 0 Å². The van der Waals surface area contributed by atoms with Crippen LogP contribution in [-0.2, 0) is 0 Å². The highest BCUT2D eigenvalue weighted by atomic mass is 79.9. The molecule has 0 amide bonds.